The fraction of sp³-hybridized carbons (Fsp3) is 0.235. The first kappa shape index (κ1) is 13.6. The molecule has 0 radical (unpaired) electrons. The van der Waals surface area contributed by atoms with Crippen molar-refractivity contribution in [2.24, 2.45) is 0 Å². The summed E-state index contributed by atoms with van der Waals surface area (Å²) in [4.78, 5) is 14.4. The number of halogens is 1. The average molecular weight is 284 g/mol. The first-order valence-corrected chi connectivity index (χ1v) is 7.04. The zero-order valence-corrected chi connectivity index (χ0v) is 11.8. The first-order valence-electron chi connectivity index (χ1n) is 7.04. The van der Waals surface area contributed by atoms with Crippen molar-refractivity contribution in [1.29, 1.82) is 0 Å². The summed E-state index contributed by atoms with van der Waals surface area (Å²) in [6, 6.07) is 12.0. The molecule has 21 heavy (non-hydrogen) atoms. The molecular formula is C17H17FN2O. The number of nitrogens with zero attached hydrogens (tertiary/aromatic N) is 1. The molecule has 1 amide bonds. The zero-order valence-electron chi connectivity index (χ0n) is 11.8. The summed E-state index contributed by atoms with van der Waals surface area (Å²) >= 11 is 0. The molecule has 4 heteroatoms. The molecule has 0 spiro atoms. The van der Waals surface area contributed by atoms with Crippen molar-refractivity contribution in [2.45, 2.75) is 25.8 Å². The van der Waals surface area contributed by atoms with Crippen LogP contribution in [0.3, 0.4) is 0 Å². The average Bonchev–Trinajstić information content (AvgIpc) is 2.46. The lowest BCUT2D eigenvalue weighted by molar-refractivity contribution is 0.0971. The van der Waals surface area contributed by atoms with Gasteiger partial charge in [-0.05, 0) is 49.6 Å². The summed E-state index contributed by atoms with van der Waals surface area (Å²) in [5.74, 6) is -0.887. The summed E-state index contributed by atoms with van der Waals surface area (Å²) in [5.41, 5.74) is 7.92. The molecule has 1 atom stereocenters. The maximum Gasteiger partial charge on any atom is 0.261 e. The Balaban J connectivity index is 2.05. The van der Waals surface area contributed by atoms with Crippen molar-refractivity contribution in [2.75, 3.05) is 10.6 Å². The zero-order chi connectivity index (χ0) is 15.0. The van der Waals surface area contributed by atoms with Crippen LogP contribution in [0, 0.1) is 5.82 Å². The molecule has 3 rings (SSSR count). The van der Waals surface area contributed by atoms with Gasteiger partial charge in [-0.2, -0.15) is 0 Å². The van der Waals surface area contributed by atoms with E-state index >= 15 is 0 Å². The number of benzene rings is 2. The molecule has 0 aliphatic carbocycles. The molecule has 0 fully saturated rings. The van der Waals surface area contributed by atoms with Gasteiger partial charge < -0.3 is 10.6 Å². The molecule has 1 unspecified atom stereocenters. The van der Waals surface area contributed by atoms with Crippen LogP contribution in [0.25, 0.3) is 0 Å². The molecule has 1 aliphatic rings. The van der Waals surface area contributed by atoms with Crippen molar-refractivity contribution in [3.8, 4) is 0 Å². The standard InChI is InChI=1S/C17H17FN2O/c1-11-6-7-12-4-2-3-5-16(12)20(11)17(21)14-9-8-13(19)10-15(14)18/h2-5,8-11H,6-7,19H2,1H3. The smallest absolute Gasteiger partial charge is 0.261 e. The quantitative estimate of drug-likeness (QED) is 0.816. The Morgan fingerprint density at radius 1 is 1.29 bits per heavy atom. The van der Waals surface area contributed by atoms with Crippen molar-refractivity contribution in [3.05, 3.63) is 59.4 Å². The lowest BCUT2D eigenvalue weighted by atomic mass is 9.95. The van der Waals surface area contributed by atoms with Gasteiger partial charge in [0.15, 0.2) is 0 Å². The Bertz CT molecular complexity index is 699. The number of amides is 1. The number of nitrogen functional groups attached to an aromatic ring is 1. The van der Waals surface area contributed by atoms with E-state index in [0.717, 1.165) is 24.1 Å². The second-order valence-electron chi connectivity index (χ2n) is 5.43. The minimum absolute atomic E-state index is 0.0457. The van der Waals surface area contributed by atoms with E-state index in [1.807, 2.05) is 31.2 Å². The van der Waals surface area contributed by atoms with Gasteiger partial charge in [0.05, 0.1) is 5.56 Å². The molecule has 1 heterocycles. The van der Waals surface area contributed by atoms with Crippen LogP contribution in [0.2, 0.25) is 0 Å². The van der Waals surface area contributed by atoms with Gasteiger partial charge in [0.1, 0.15) is 5.82 Å². The Labute approximate surface area is 123 Å². The predicted octanol–water partition coefficient (Wildman–Crippen LogP) is 3.39. The lowest BCUT2D eigenvalue weighted by Crippen LogP contribution is -2.42. The molecule has 0 saturated heterocycles. The number of fused-ring (bicyclic) bond motifs is 1. The van der Waals surface area contributed by atoms with Crippen LogP contribution in [0.1, 0.15) is 29.3 Å². The van der Waals surface area contributed by atoms with Crippen LogP contribution in [-0.4, -0.2) is 11.9 Å². The summed E-state index contributed by atoms with van der Waals surface area (Å²) in [6.07, 6.45) is 1.81. The van der Waals surface area contributed by atoms with Gasteiger partial charge in [0, 0.05) is 17.4 Å². The fourth-order valence-electron chi connectivity index (χ4n) is 2.83. The van der Waals surface area contributed by atoms with Crippen molar-refractivity contribution < 1.29 is 9.18 Å². The Hall–Kier alpha value is -2.36. The number of hydrogen-bond donors (Lipinski definition) is 1. The highest BCUT2D eigenvalue weighted by atomic mass is 19.1. The molecule has 0 aromatic heterocycles. The van der Waals surface area contributed by atoms with Crippen LogP contribution in [0.15, 0.2) is 42.5 Å². The van der Waals surface area contributed by atoms with Gasteiger partial charge in [-0.1, -0.05) is 18.2 Å². The lowest BCUT2D eigenvalue weighted by Gasteiger charge is -2.35. The summed E-state index contributed by atoms with van der Waals surface area (Å²) in [7, 11) is 0. The van der Waals surface area contributed by atoms with E-state index in [1.54, 1.807) is 11.0 Å². The van der Waals surface area contributed by atoms with Crippen molar-refractivity contribution in [1.82, 2.24) is 0 Å². The number of nitrogens with two attached hydrogens (primary N) is 1. The molecule has 2 aromatic rings. The largest absolute Gasteiger partial charge is 0.399 e. The topological polar surface area (TPSA) is 46.3 Å². The fourth-order valence-corrected chi connectivity index (χ4v) is 2.83. The molecular weight excluding hydrogens is 267 g/mol. The third-order valence-electron chi connectivity index (χ3n) is 3.97. The minimum Gasteiger partial charge on any atom is -0.399 e. The molecule has 0 saturated carbocycles. The number of anilines is 2. The number of rotatable bonds is 1. The minimum atomic E-state index is -0.574. The van der Waals surface area contributed by atoms with E-state index in [-0.39, 0.29) is 17.5 Å². The van der Waals surface area contributed by atoms with Gasteiger partial charge in [-0.25, -0.2) is 4.39 Å². The molecule has 1 aliphatic heterocycles. The maximum absolute atomic E-state index is 14.0. The van der Waals surface area contributed by atoms with Gasteiger partial charge in [-0.15, -0.1) is 0 Å². The Morgan fingerprint density at radius 3 is 2.81 bits per heavy atom. The number of aryl methyl sites for hydroxylation is 1. The number of carbonyl (C=O) groups excluding carboxylic acids is 1. The molecule has 3 nitrogen and oxygen atoms in total. The van der Waals surface area contributed by atoms with Crippen molar-refractivity contribution in [3.63, 3.8) is 0 Å². The van der Waals surface area contributed by atoms with E-state index in [4.69, 9.17) is 5.73 Å². The van der Waals surface area contributed by atoms with Gasteiger partial charge in [-0.3, -0.25) is 4.79 Å². The summed E-state index contributed by atoms with van der Waals surface area (Å²) < 4.78 is 14.0. The van der Waals surface area contributed by atoms with Gasteiger partial charge >= 0.3 is 0 Å². The highest BCUT2D eigenvalue weighted by Gasteiger charge is 2.30. The van der Waals surface area contributed by atoms with E-state index in [1.165, 1.54) is 12.1 Å². The third-order valence-corrected chi connectivity index (χ3v) is 3.97. The molecule has 2 aromatic carbocycles. The van der Waals surface area contributed by atoms with Crippen LogP contribution in [-0.2, 0) is 6.42 Å². The number of para-hydroxylation sites is 1. The van der Waals surface area contributed by atoms with Crippen molar-refractivity contribution >= 4 is 17.3 Å². The van der Waals surface area contributed by atoms with Gasteiger partial charge in [0.2, 0.25) is 0 Å². The van der Waals surface area contributed by atoms with E-state index in [9.17, 15) is 9.18 Å². The Kier molecular flexibility index (Phi) is 3.37. The highest BCUT2D eigenvalue weighted by Crippen LogP contribution is 2.32. The number of hydrogen-bond acceptors (Lipinski definition) is 2. The normalized spacial score (nSPS) is 17.4. The second kappa shape index (κ2) is 5.20. The van der Waals surface area contributed by atoms with E-state index < -0.39 is 5.82 Å². The monoisotopic (exact) mass is 284 g/mol. The number of carbonyl (C=O) groups is 1. The van der Waals surface area contributed by atoms with Crippen LogP contribution in [0.4, 0.5) is 15.8 Å². The molecule has 2 N–H and O–H groups in total. The summed E-state index contributed by atoms with van der Waals surface area (Å²) in [5, 5.41) is 0. The van der Waals surface area contributed by atoms with Gasteiger partial charge in [0.25, 0.3) is 5.91 Å². The summed E-state index contributed by atoms with van der Waals surface area (Å²) in [6.45, 7) is 1.99. The predicted molar refractivity (Wildman–Crippen MR) is 81.8 cm³/mol. The second-order valence-corrected chi connectivity index (χ2v) is 5.43. The van der Waals surface area contributed by atoms with Crippen LogP contribution >= 0.6 is 0 Å². The maximum atomic E-state index is 14.0. The first-order chi connectivity index (χ1) is 10.1. The SMILES string of the molecule is CC1CCc2ccccc2N1C(=O)c1ccc(N)cc1F. The van der Waals surface area contributed by atoms with E-state index in [2.05, 4.69) is 0 Å². The third kappa shape index (κ3) is 2.37. The molecule has 108 valence electrons. The van der Waals surface area contributed by atoms with E-state index in [0.29, 0.717) is 5.69 Å². The van der Waals surface area contributed by atoms with Crippen LogP contribution < -0.4 is 10.6 Å². The molecule has 0 bridgehead atoms. The highest BCUT2D eigenvalue weighted by molar-refractivity contribution is 6.07. The van der Waals surface area contributed by atoms with Crippen LogP contribution in [0.5, 0.6) is 0 Å². The Morgan fingerprint density at radius 2 is 2.05 bits per heavy atom.